The zero-order valence-electron chi connectivity index (χ0n) is 10.4. The molecular weight excluding hydrogens is 260 g/mol. The van der Waals surface area contributed by atoms with E-state index in [1.165, 1.54) is 18.7 Å². The smallest absolute Gasteiger partial charge is 0.326 e. The summed E-state index contributed by atoms with van der Waals surface area (Å²) in [6.07, 6.45) is 1.04. The molecule has 0 aromatic carbocycles. The van der Waals surface area contributed by atoms with Crippen molar-refractivity contribution in [3.05, 3.63) is 0 Å². The molecule has 0 bridgehead atoms. The highest BCUT2D eigenvalue weighted by atomic mass is 32.2. The Morgan fingerprint density at radius 3 is 2.56 bits per heavy atom. The quantitative estimate of drug-likeness (QED) is 0.698. The molecule has 1 aliphatic heterocycles. The fourth-order valence-electron chi connectivity index (χ4n) is 1.75. The van der Waals surface area contributed by atoms with E-state index in [4.69, 9.17) is 5.11 Å². The van der Waals surface area contributed by atoms with Crippen molar-refractivity contribution in [1.29, 1.82) is 0 Å². The van der Waals surface area contributed by atoms with Crippen LogP contribution in [0.5, 0.6) is 0 Å². The second-order valence-corrected chi connectivity index (χ2v) is 6.82. The van der Waals surface area contributed by atoms with Crippen molar-refractivity contribution in [3.63, 3.8) is 0 Å². The highest BCUT2D eigenvalue weighted by Gasteiger charge is 2.34. The Morgan fingerprint density at radius 1 is 1.44 bits per heavy atom. The van der Waals surface area contributed by atoms with Crippen molar-refractivity contribution < 1.29 is 23.1 Å². The molecule has 1 atom stereocenters. The molecule has 18 heavy (non-hydrogen) atoms. The number of nitrogens with zero attached hydrogens (tertiary/aromatic N) is 1. The van der Waals surface area contributed by atoms with Crippen LogP contribution >= 0.6 is 0 Å². The van der Waals surface area contributed by atoms with Gasteiger partial charge in [0.05, 0.1) is 11.8 Å². The average molecular weight is 278 g/mol. The fraction of sp³-hybridized carbons (Fsp3) is 0.800. The molecule has 0 saturated carbocycles. The van der Waals surface area contributed by atoms with Crippen LogP contribution in [-0.2, 0) is 19.6 Å². The van der Waals surface area contributed by atoms with Crippen molar-refractivity contribution >= 4 is 21.9 Å². The third-order valence-corrected chi connectivity index (χ3v) is 4.69. The van der Waals surface area contributed by atoms with Crippen LogP contribution in [0, 0.1) is 0 Å². The lowest BCUT2D eigenvalue weighted by Crippen LogP contribution is -2.46. The van der Waals surface area contributed by atoms with Gasteiger partial charge in [0.2, 0.25) is 15.9 Å². The van der Waals surface area contributed by atoms with Gasteiger partial charge in [0.25, 0.3) is 0 Å². The zero-order chi connectivity index (χ0) is 13.9. The second-order valence-electron chi connectivity index (χ2n) is 4.50. The number of rotatable bonds is 5. The highest BCUT2D eigenvalue weighted by molar-refractivity contribution is 7.90. The maximum atomic E-state index is 11.8. The molecule has 1 aliphatic rings. The monoisotopic (exact) mass is 278 g/mol. The summed E-state index contributed by atoms with van der Waals surface area (Å²) in [5, 5.41) is 8.29. The molecule has 1 amide bonds. The first-order valence-electron chi connectivity index (χ1n) is 5.76. The number of carbonyl (C=O) groups is 2. The lowest BCUT2D eigenvalue weighted by Gasteiger charge is -2.21. The van der Waals surface area contributed by atoms with E-state index < -0.39 is 33.2 Å². The van der Waals surface area contributed by atoms with Gasteiger partial charge >= 0.3 is 5.97 Å². The third kappa shape index (κ3) is 3.42. The van der Waals surface area contributed by atoms with Crippen LogP contribution < -0.4 is 4.72 Å². The Morgan fingerprint density at radius 2 is 2.06 bits per heavy atom. The number of aliphatic carboxylic acids is 1. The molecule has 1 saturated heterocycles. The summed E-state index contributed by atoms with van der Waals surface area (Å²) in [5.74, 6) is -1.54. The summed E-state index contributed by atoms with van der Waals surface area (Å²) >= 11 is 0. The van der Waals surface area contributed by atoms with Crippen molar-refractivity contribution in [1.82, 2.24) is 9.62 Å². The topological polar surface area (TPSA) is 104 Å². The molecule has 1 unspecified atom stereocenters. The first-order chi connectivity index (χ1) is 8.25. The molecule has 1 fully saturated rings. The molecule has 7 nitrogen and oxygen atoms in total. The Hall–Kier alpha value is -1.15. The molecular formula is C10H18N2O5S. The highest BCUT2D eigenvalue weighted by Crippen LogP contribution is 2.17. The SMILES string of the molecule is CC(C)S(=O)(=O)NCC(=O)N1CCCC1C(=O)O. The van der Waals surface area contributed by atoms with E-state index in [2.05, 4.69) is 4.72 Å². The van der Waals surface area contributed by atoms with E-state index >= 15 is 0 Å². The van der Waals surface area contributed by atoms with Gasteiger partial charge < -0.3 is 10.0 Å². The van der Waals surface area contributed by atoms with Crippen LogP contribution in [0.4, 0.5) is 0 Å². The minimum absolute atomic E-state index is 0.360. The predicted molar refractivity (Wildman–Crippen MR) is 64.4 cm³/mol. The van der Waals surface area contributed by atoms with Gasteiger partial charge in [-0.3, -0.25) is 4.79 Å². The number of hydrogen-bond acceptors (Lipinski definition) is 4. The van der Waals surface area contributed by atoms with Crippen LogP contribution in [0.3, 0.4) is 0 Å². The van der Waals surface area contributed by atoms with Crippen molar-refractivity contribution in [2.24, 2.45) is 0 Å². The summed E-state index contributed by atoms with van der Waals surface area (Å²) in [6.45, 7) is 2.98. The van der Waals surface area contributed by atoms with E-state index in [9.17, 15) is 18.0 Å². The number of amides is 1. The Labute approximate surface area is 106 Å². The van der Waals surface area contributed by atoms with Crippen molar-refractivity contribution in [2.45, 2.75) is 38.0 Å². The number of carboxylic acid groups (broad SMARTS) is 1. The molecule has 1 heterocycles. The van der Waals surface area contributed by atoms with Gasteiger partial charge in [-0.2, -0.15) is 0 Å². The molecule has 0 aromatic rings. The molecule has 2 N–H and O–H groups in total. The van der Waals surface area contributed by atoms with Crippen LogP contribution in [0.2, 0.25) is 0 Å². The van der Waals surface area contributed by atoms with Gasteiger partial charge in [-0.25, -0.2) is 17.9 Å². The first-order valence-corrected chi connectivity index (χ1v) is 7.31. The van der Waals surface area contributed by atoms with E-state index in [0.717, 1.165) is 0 Å². The summed E-state index contributed by atoms with van der Waals surface area (Å²) < 4.78 is 25.1. The van der Waals surface area contributed by atoms with Crippen molar-refractivity contribution in [2.75, 3.05) is 13.1 Å². The van der Waals surface area contributed by atoms with Gasteiger partial charge in [0, 0.05) is 6.54 Å². The lowest BCUT2D eigenvalue weighted by molar-refractivity contribution is -0.147. The fourth-order valence-corrected chi connectivity index (χ4v) is 2.41. The standard InChI is InChI=1S/C10H18N2O5S/c1-7(2)18(16,17)11-6-9(13)12-5-3-4-8(12)10(14)15/h7-8,11H,3-6H2,1-2H3,(H,14,15). The normalized spacial score (nSPS) is 20.4. The molecule has 1 rings (SSSR count). The summed E-state index contributed by atoms with van der Waals surface area (Å²) in [6, 6.07) is -0.832. The molecule has 0 radical (unpaired) electrons. The van der Waals surface area contributed by atoms with Gasteiger partial charge in [-0.1, -0.05) is 0 Å². The predicted octanol–water partition coefficient (Wildman–Crippen LogP) is -0.610. The summed E-state index contributed by atoms with van der Waals surface area (Å²) in [7, 11) is -3.51. The number of hydrogen-bond donors (Lipinski definition) is 2. The van der Waals surface area contributed by atoms with Crippen LogP contribution in [0.15, 0.2) is 0 Å². The van der Waals surface area contributed by atoms with Gasteiger partial charge in [0.1, 0.15) is 6.04 Å². The lowest BCUT2D eigenvalue weighted by atomic mass is 10.2. The summed E-state index contributed by atoms with van der Waals surface area (Å²) in [4.78, 5) is 23.9. The zero-order valence-corrected chi connectivity index (χ0v) is 11.2. The minimum atomic E-state index is -3.51. The molecule has 0 aromatic heterocycles. The maximum Gasteiger partial charge on any atom is 0.326 e. The van der Waals surface area contributed by atoms with Gasteiger partial charge in [0.15, 0.2) is 0 Å². The number of sulfonamides is 1. The number of nitrogens with one attached hydrogen (secondary N) is 1. The number of carbonyl (C=O) groups excluding carboxylic acids is 1. The van der Waals surface area contributed by atoms with Gasteiger partial charge in [-0.15, -0.1) is 0 Å². The minimum Gasteiger partial charge on any atom is -0.480 e. The number of carboxylic acids is 1. The van der Waals surface area contributed by atoms with Crippen molar-refractivity contribution in [3.8, 4) is 0 Å². The maximum absolute atomic E-state index is 11.8. The van der Waals surface area contributed by atoms with E-state index in [-0.39, 0.29) is 6.54 Å². The van der Waals surface area contributed by atoms with Crippen LogP contribution in [-0.4, -0.2) is 54.7 Å². The number of likely N-dealkylation sites (tertiary alicyclic amines) is 1. The van der Waals surface area contributed by atoms with Crippen LogP contribution in [0.1, 0.15) is 26.7 Å². The van der Waals surface area contributed by atoms with E-state index in [1.54, 1.807) is 0 Å². The Bertz CT molecular complexity index is 432. The molecule has 8 heteroatoms. The third-order valence-electron chi connectivity index (χ3n) is 2.90. The first kappa shape index (κ1) is 14.9. The van der Waals surface area contributed by atoms with Gasteiger partial charge in [-0.05, 0) is 26.7 Å². The molecule has 104 valence electrons. The average Bonchev–Trinajstić information content (AvgIpc) is 2.74. The molecule has 0 aliphatic carbocycles. The summed E-state index contributed by atoms with van der Waals surface area (Å²) in [5.41, 5.74) is 0. The molecule has 0 spiro atoms. The van der Waals surface area contributed by atoms with Crippen LogP contribution in [0.25, 0.3) is 0 Å². The second kappa shape index (κ2) is 5.66. The largest absolute Gasteiger partial charge is 0.480 e. The van der Waals surface area contributed by atoms with E-state index in [0.29, 0.717) is 19.4 Å². The Kier molecular flexibility index (Phi) is 4.69. The van der Waals surface area contributed by atoms with E-state index in [1.807, 2.05) is 0 Å². The Balaban J connectivity index is 2.59.